The van der Waals surface area contributed by atoms with Crippen molar-refractivity contribution < 1.29 is 19.4 Å². The summed E-state index contributed by atoms with van der Waals surface area (Å²) in [5.74, 6) is 0.320. The van der Waals surface area contributed by atoms with Crippen LogP contribution in [0.1, 0.15) is 33.6 Å². The van der Waals surface area contributed by atoms with Gasteiger partial charge in [-0.2, -0.15) is 0 Å². The van der Waals surface area contributed by atoms with Crippen molar-refractivity contribution in [2.45, 2.75) is 38.9 Å². The fourth-order valence-corrected chi connectivity index (χ4v) is 3.89. The Bertz CT molecular complexity index is 371. The average Bonchev–Trinajstić information content (AvgIpc) is 2.44. The topological polar surface area (TPSA) is 66.8 Å². The minimum absolute atomic E-state index is 0.0679. The molecule has 0 aromatic heterocycles. The Labute approximate surface area is 131 Å². The van der Waals surface area contributed by atoms with Gasteiger partial charge in [0, 0.05) is 20.2 Å². The molecule has 2 atom stereocenters. The smallest absolute Gasteiger partial charge is 0.313 e. The summed E-state index contributed by atoms with van der Waals surface area (Å²) in [5, 5.41) is 9.45. The highest BCUT2D eigenvalue weighted by molar-refractivity contribution is 8.00. The van der Waals surface area contributed by atoms with E-state index in [1.165, 1.54) is 7.11 Å². The van der Waals surface area contributed by atoms with Crippen LogP contribution in [0.4, 0.5) is 0 Å². The molecule has 5 nitrogen and oxygen atoms in total. The third-order valence-electron chi connectivity index (χ3n) is 3.96. The maximum absolute atomic E-state index is 12.7. The van der Waals surface area contributed by atoms with E-state index in [0.29, 0.717) is 19.4 Å². The van der Waals surface area contributed by atoms with Crippen molar-refractivity contribution in [1.29, 1.82) is 0 Å². The first kappa shape index (κ1) is 18.3. The van der Waals surface area contributed by atoms with Crippen LogP contribution in [-0.4, -0.2) is 59.7 Å². The van der Waals surface area contributed by atoms with Crippen LogP contribution >= 0.6 is 11.8 Å². The molecule has 1 fully saturated rings. The minimum atomic E-state index is -0.957. The fourth-order valence-electron chi connectivity index (χ4n) is 2.86. The maximum Gasteiger partial charge on any atom is 0.313 e. The van der Waals surface area contributed by atoms with E-state index in [0.717, 1.165) is 5.75 Å². The van der Waals surface area contributed by atoms with Crippen LogP contribution in [0.2, 0.25) is 0 Å². The number of hydrogen-bond acceptors (Lipinski definition) is 4. The summed E-state index contributed by atoms with van der Waals surface area (Å²) >= 11 is 1.64. The molecule has 0 aliphatic carbocycles. The number of carboxylic acid groups (broad SMARTS) is 1. The number of nitrogens with zero attached hydrogens (tertiary/aromatic N) is 1. The summed E-state index contributed by atoms with van der Waals surface area (Å²) in [6.07, 6.45) is 1.27. The number of carbonyl (C=O) groups is 2. The lowest BCUT2D eigenvalue weighted by atomic mass is 9.80. The van der Waals surface area contributed by atoms with Crippen molar-refractivity contribution in [3.63, 3.8) is 0 Å². The monoisotopic (exact) mass is 317 g/mol. The number of likely N-dealkylation sites (tertiary alicyclic amines) is 1. The molecule has 0 aromatic rings. The first-order valence-electron chi connectivity index (χ1n) is 7.50. The standard InChI is InChI=1S/C15H27NO4S/c1-5-21-12(11(2)3)13(17)16-8-6-7-15(9-16,10-20-4)14(18)19/h11-12H,5-10H2,1-4H3,(H,18,19). The lowest BCUT2D eigenvalue weighted by Crippen LogP contribution is -2.54. The SMILES string of the molecule is CCSC(C(=O)N1CCCC(COC)(C(=O)O)C1)C(C)C. The molecule has 1 amide bonds. The number of methoxy groups -OCH3 is 1. The van der Waals surface area contributed by atoms with Gasteiger partial charge in [0.15, 0.2) is 0 Å². The predicted octanol–water partition coefficient (Wildman–Crippen LogP) is 2.10. The first-order chi connectivity index (χ1) is 9.88. The second kappa shape index (κ2) is 8.03. The Kier molecular flexibility index (Phi) is 7.00. The van der Waals surface area contributed by atoms with E-state index >= 15 is 0 Å². The van der Waals surface area contributed by atoms with E-state index in [2.05, 4.69) is 0 Å². The molecule has 0 spiro atoms. The van der Waals surface area contributed by atoms with Crippen LogP contribution in [0.5, 0.6) is 0 Å². The Morgan fingerprint density at radius 1 is 1.43 bits per heavy atom. The zero-order chi connectivity index (χ0) is 16.0. The number of amides is 1. The number of carbonyl (C=O) groups excluding carboxylic acids is 1. The Balaban J connectivity index is 2.87. The van der Waals surface area contributed by atoms with Gasteiger partial charge in [-0.3, -0.25) is 9.59 Å². The molecule has 0 saturated carbocycles. The lowest BCUT2D eigenvalue weighted by molar-refractivity contribution is -0.159. The van der Waals surface area contributed by atoms with Gasteiger partial charge in [0.05, 0.1) is 11.9 Å². The van der Waals surface area contributed by atoms with E-state index in [9.17, 15) is 14.7 Å². The highest BCUT2D eigenvalue weighted by atomic mass is 32.2. The van der Waals surface area contributed by atoms with Crippen LogP contribution in [0, 0.1) is 11.3 Å². The zero-order valence-corrected chi connectivity index (χ0v) is 14.2. The number of rotatable bonds is 7. The highest BCUT2D eigenvalue weighted by Crippen LogP contribution is 2.33. The molecule has 1 heterocycles. The molecule has 0 bridgehead atoms. The number of ether oxygens (including phenoxy) is 1. The zero-order valence-electron chi connectivity index (χ0n) is 13.4. The molecule has 1 saturated heterocycles. The summed E-state index contributed by atoms with van der Waals surface area (Å²) in [7, 11) is 1.51. The molecule has 6 heteroatoms. The van der Waals surface area contributed by atoms with Gasteiger partial charge < -0.3 is 14.7 Å². The second-order valence-electron chi connectivity index (χ2n) is 6.00. The number of piperidine rings is 1. The number of thioether (sulfide) groups is 1. The van der Waals surface area contributed by atoms with E-state index < -0.39 is 11.4 Å². The lowest BCUT2D eigenvalue weighted by Gasteiger charge is -2.41. The molecule has 122 valence electrons. The number of carboxylic acids is 1. The van der Waals surface area contributed by atoms with Crippen molar-refractivity contribution >= 4 is 23.6 Å². The van der Waals surface area contributed by atoms with Gasteiger partial charge >= 0.3 is 5.97 Å². The molecule has 1 aliphatic heterocycles. The largest absolute Gasteiger partial charge is 0.481 e. The highest BCUT2D eigenvalue weighted by Gasteiger charge is 2.44. The summed E-state index contributed by atoms with van der Waals surface area (Å²) in [6, 6.07) is 0. The van der Waals surface area contributed by atoms with Gasteiger partial charge in [0.25, 0.3) is 0 Å². The first-order valence-corrected chi connectivity index (χ1v) is 8.55. The molecule has 0 radical (unpaired) electrons. The Hall–Kier alpha value is -0.750. The summed E-state index contributed by atoms with van der Waals surface area (Å²) in [4.78, 5) is 26.1. The van der Waals surface area contributed by atoms with Crippen LogP contribution in [0.15, 0.2) is 0 Å². The van der Waals surface area contributed by atoms with E-state index in [-0.39, 0.29) is 30.2 Å². The van der Waals surface area contributed by atoms with E-state index in [1.807, 2.05) is 20.8 Å². The van der Waals surface area contributed by atoms with Gasteiger partial charge in [-0.15, -0.1) is 11.8 Å². The third kappa shape index (κ3) is 4.36. The fraction of sp³-hybridized carbons (Fsp3) is 0.867. The molecular formula is C15H27NO4S. The molecule has 21 heavy (non-hydrogen) atoms. The average molecular weight is 317 g/mol. The summed E-state index contributed by atoms with van der Waals surface area (Å²) < 4.78 is 5.11. The van der Waals surface area contributed by atoms with E-state index in [1.54, 1.807) is 16.7 Å². The van der Waals surface area contributed by atoms with Gasteiger partial charge in [0.2, 0.25) is 5.91 Å². The minimum Gasteiger partial charge on any atom is -0.481 e. The molecule has 1 aliphatic rings. The molecule has 0 aromatic carbocycles. The van der Waals surface area contributed by atoms with Gasteiger partial charge in [-0.25, -0.2) is 0 Å². The quantitative estimate of drug-likeness (QED) is 0.779. The number of aliphatic carboxylic acids is 1. The van der Waals surface area contributed by atoms with Gasteiger partial charge in [0.1, 0.15) is 5.41 Å². The predicted molar refractivity (Wildman–Crippen MR) is 84.5 cm³/mol. The van der Waals surface area contributed by atoms with Crippen molar-refractivity contribution in [3.05, 3.63) is 0 Å². The summed E-state index contributed by atoms with van der Waals surface area (Å²) in [6.45, 7) is 7.16. The molecule has 1 rings (SSSR count). The van der Waals surface area contributed by atoms with Crippen molar-refractivity contribution in [2.24, 2.45) is 11.3 Å². The van der Waals surface area contributed by atoms with Crippen molar-refractivity contribution in [1.82, 2.24) is 4.90 Å². The molecule has 2 unspecified atom stereocenters. The normalized spacial score (nSPS) is 24.1. The third-order valence-corrected chi connectivity index (χ3v) is 5.40. The van der Waals surface area contributed by atoms with Gasteiger partial charge in [-0.05, 0) is 24.5 Å². The Morgan fingerprint density at radius 2 is 2.10 bits per heavy atom. The number of hydrogen-bond donors (Lipinski definition) is 1. The second-order valence-corrected chi connectivity index (χ2v) is 7.42. The van der Waals surface area contributed by atoms with Crippen molar-refractivity contribution in [3.8, 4) is 0 Å². The van der Waals surface area contributed by atoms with Crippen LogP contribution in [0.25, 0.3) is 0 Å². The van der Waals surface area contributed by atoms with Crippen LogP contribution in [0.3, 0.4) is 0 Å². The molecule has 1 N–H and O–H groups in total. The van der Waals surface area contributed by atoms with Crippen LogP contribution < -0.4 is 0 Å². The summed E-state index contributed by atoms with van der Waals surface area (Å²) in [5.41, 5.74) is -0.957. The maximum atomic E-state index is 12.7. The van der Waals surface area contributed by atoms with Crippen molar-refractivity contribution in [2.75, 3.05) is 32.6 Å². The molecular weight excluding hydrogens is 290 g/mol. The van der Waals surface area contributed by atoms with Crippen LogP contribution in [-0.2, 0) is 14.3 Å². The van der Waals surface area contributed by atoms with E-state index in [4.69, 9.17) is 4.74 Å². The van der Waals surface area contributed by atoms with Gasteiger partial charge in [-0.1, -0.05) is 20.8 Å². The Morgan fingerprint density at radius 3 is 2.57 bits per heavy atom.